The number of alkyl carbamates (subject to hydrolysis) is 1. The number of carboxylic acids is 1. The Hall–Kier alpha value is -2.86. The third kappa shape index (κ3) is 3.04. The van der Waals surface area contributed by atoms with Crippen molar-refractivity contribution in [2.75, 3.05) is 6.61 Å². The van der Waals surface area contributed by atoms with Crippen LogP contribution in [0, 0.1) is 0 Å². The first-order chi connectivity index (χ1) is 12.3. The quantitative estimate of drug-likeness (QED) is 0.766. The zero-order chi connectivity index (χ0) is 18.9. The molecule has 1 aliphatic carbocycles. The zero-order valence-electron chi connectivity index (χ0n) is 14.6. The number of amides is 1. The van der Waals surface area contributed by atoms with Crippen LogP contribution in [-0.4, -0.2) is 40.5 Å². The number of hydrogen-bond donors (Lipinski definition) is 3. The van der Waals surface area contributed by atoms with E-state index in [1.807, 2.05) is 48.5 Å². The van der Waals surface area contributed by atoms with Gasteiger partial charge >= 0.3 is 12.1 Å². The van der Waals surface area contributed by atoms with Gasteiger partial charge in [-0.2, -0.15) is 0 Å². The first kappa shape index (κ1) is 17.9. The van der Waals surface area contributed by atoms with Gasteiger partial charge in [-0.1, -0.05) is 48.5 Å². The number of aliphatic hydroxyl groups excluding tert-OH is 1. The molecule has 1 aliphatic rings. The Morgan fingerprint density at radius 3 is 2.08 bits per heavy atom. The van der Waals surface area contributed by atoms with E-state index in [4.69, 9.17) is 4.74 Å². The molecule has 2 aromatic rings. The Bertz CT molecular complexity index is 802. The first-order valence-corrected chi connectivity index (χ1v) is 8.39. The Morgan fingerprint density at radius 2 is 1.62 bits per heavy atom. The van der Waals surface area contributed by atoms with E-state index in [0.29, 0.717) is 0 Å². The maximum Gasteiger partial charge on any atom is 0.408 e. The average molecular weight is 355 g/mol. The Labute approximate surface area is 151 Å². The summed E-state index contributed by atoms with van der Waals surface area (Å²) in [7, 11) is 0. The number of carbonyl (C=O) groups is 2. The van der Waals surface area contributed by atoms with Gasteiger partial charge in [0.25, 0.3) is 0 Å². The Kier molecular flexibility index (Phi) is 4.70. The highest BCUT2D eigenvalue weighted by atomic mass is 16.5. The lowest BCUT2D eigenvalue weighted by Crippen LogP contribution is -2.59. The summed E-state index contributed by atoms with van der Waals surface area (Å²) in [5.41, 5.74) is 2.53. The molecule has 0 unspecified atom stereocenters. The molecule has 0 aliphatic heterocycles. The van der Waals surface area contributed by atoms with Crippen molar-refractivity contribution >= 4 is 12.1 Å². The summed E-state index contributed by atoms with van der Waals surface area (Å²) < 4.78 is 5.31. The molecule has 3 N–H and O–H groups in total. The van der Waals surface area contributed by atoms with Gasteiger partial charge in [0.1, 0.15) is 6.61 Å². The molecule has 0 bridgehead atoms. The molecule has 0 saturated carbocycles. The summed E-state index contributed by atoms with van der Waals surface area (Å²) in [6.07, 6.45) is -2.15. The Morgan fingerprint density at radius 1 is 1.12 bits per heavy atom. The van der Waals surface area contributed by atoms with Crippen LogP contribution in [0.15, 0.2) is 48.5 Å². The summed E-state index contributed by atoms with van der Waals surface area (Å²) in [5.74, 6) is -1.45. The standard InChI is InChI=1S/C20H21NO5/c1-12(22)20(2,18(23)24)21-19(25)26-11-17-15-9-5-3-7-13(15)14-8-4-6-10-16(14)17/h3-10,12,17,22H,11H2,1-2H3,(H,21,25)(H,23,24)/t12-,20-/m0/s1. The van der Waals surface area contributed by atoms with Crippen molar-refractivity contribution in [2.45, 2.75) is 31.4 Å². The molecule has 0 aromatic heterocycles. The fourth-order valence-corrected chi connectivity index (χ4v) is 3.18. The van der Waals surface area contributed by atoms with Gasteiger partial charge in [0.2, 0.25) is 0 Å². The second-order valence-corrected chi connectivity index (χ2v) is 6.63. The lowest BCUT2D eigenvalue weighted by molar-refractivity contribution is -0.148. The second kappa shape index (κ2) is 6.80. The fraction of sp³-hybridized carbons (Fsp3) is 0.300. The van der Waals surface area contributed by atoms with Gasteiger partial charge in [0, 0.05) is 5.92 Å². The van der Waals surface area contributed by atoms with Gasteiger partial charge < -0.3 is 20.3 Å². The van der Waals surface area contributed by atoms with Gasteiger partial charge in [-0.05, 0) is 36.1 Å². The van der Waals surface area contributed by atoms with Crippen molar-refractivity contribution in [3.63, 3.8) is 0 Å². The van der Waals surface area contributed by atoms with Crippen molar-refractivity contribution in [2.24, 2.45) is 0 Å². The van der Waals surface area contributed by atoms with Crippen molar-refractivity contribution in [1.82, 2.24) is 5.32 Å². The van der Waals surface area contributed by atoms with Gasteiger partial charge in [-0.25, -0.2) is 9.59 Å². The molecule has 26 heavy (non-hydrogen) atoms. The molecular formula is C20H21NO5. The van der Waals surface area contributed by atoms with E-state index < -0.39 is 23.7 Å². The van der Waals surface area contributed by atoms with Crippen LogP contribution in [0.25, 0.3) is 11.1 Å². The minimum Gasteiger partial charge on any atom is -0.479 e. The van der Waals surface area contributed by atoms with E-state index in [0.717, 1.165) is 22.3 Å². The molecule has 1 amide bonds. The van der Waals surface area contributed by atoms with Crippen LogP contribution in [0.4, 0.5) is 4.79 Å². The number of rotatable bonds is 5. The molecule has 0 spiro atoms. The molecule has 0 heterocycles. The second-order valence-electron chi connectivity index (χ2n) is 6.63. The van der Waals surface area contributed by atoms with Crippen LogP contribution in [0.1, 0.15) is 30.9 Å². The van der Waals surface area contributed by atoms with Crippen LogP contribution < -0.4 is 5.32 Å². The third-order valence-corrected chi connectivity index (χ3v) is 4.99. The van der Waals surface area contributed by atoms with Gasteiger partial charge in [0.05, 0.1) is 6.10 Å². The van der Waals surface area contributed by atoms with Gasteiger partial charge in [-0.3, -0.25) is 0 Å². The van der Waals surface area contributed by atoms with Gasteiger partial charge in [0.15, 0.2) is 5.54 Å². The molecule has 2 atom stereocenters. The number of nitrogens with one attached hydrogen (secondary N) is 1. The molecular weight excluding hydrogens is 334 g/mol. The minimum atomic E-state index is -1.82. The molecule has 0 radical (unpaired) electrons. The number of ether oxygens (including phenoxy) is 1. The van der Waals surface area contributed by atoms with Crippen LogP contribution in [-0.2, 0) is 9.53 Å². The number of carbonyl (C=O) groups excluding carboxylic acids is 1. The van der Waals surface area contributed by atoms with Crippen LogP contribution in [0.5, 0.6) is 0 Å². The monoisotopic (exact) mass is 355 g/mol. The molecule has 0 fully saturated rings. The predicted octanol–water partition coefficient (Wildman–Crippen LogP) is 2.75. The van der Waals surface area contributed by atoms with Crippen molar-refractivity contribution in [1.29, 1.82) is 0 Å². The van der Waals surface area contributed by atoms with Crippen LogP contribution in [0.3, 0.4) is 0 Å². The maximum absolute atomic E-state index is 12.1. The van der Waals surface area contributed by atoms with Gasteiger partial charge in [-0.15, -0.1) is 0 Å². The van der Waals surface area contributed by atoms with E-state index in [-0.39, 0.29) is 12.5 Å². The zero-order valence-corrected chi connectivity index (χ0v) is 14.6. The van der Waals surface area contributed by atoms with E-state index >= 15 is 0 Å². The molecule has 0 saturated heterocycles. The number of benzene rings is 2. The summed E-state index contributed by atoms with van der Waals surface area (Å²) >= 11 is 0. The lowest BCUT2D eigenvalue weighted by atomic mass is 9.96. The fourth-order valence-electron chi connectivity index (χ4n) is 3.18. The number of hydrogen-bond acceptors (Lipinski definition) is 4. The molecule has 6 nitrogen and oxygen atoms in total. The lowest BCUT2D eigenvalue weighted by Gasteiger charge is -2.28. The maximum atomic E-state index is 12.1. The molecule has 6 heteroatoms. The molecule has 2 aromatic carbocycles. The highest BCUT2D eigenvalue weighted by Gasteiger charge is 2.40. The number of aliphatic hydroxyl groups is 1. The van der Waals surface area contributed by atoms with Crippen LogP contribution in [0.2, 0.25) is 0 Å². The van der Waals surface area contributed by atoms with E-state index in [1.165, 1.54) is 13.8 Å². The predicted molar refractivity (Wildman–Crippen MR) is 95.9 cm³/mol. The van der Waals surface area contributed by atoms with Crippen LogP contribution >= 0.6 is 0 Å². The number of carboxylic acid groups (broad SMARTS) is 1. The highest BCUT2D eigenvalue weighted by Crippen LogP contribution is 2.44. The topological polar surface area (TPSA) is 95.9 Å². The SMILES string of the molecule is C[C@H](O)[C@](C)(NC(=O)OCC1c2ccccc2-c2ccccc21)C(=O)O. The van der Waals surface area contributed by atoms with E-state index in [9.17, 15) is 19.8 Å². The van der Waals surface area contributed by atoms with E-state index in [2.05, 4.69) is 5.32 Å². The average Bonchev–Trinajstić information content (AvgIpc) is 2.93. The summed E-state index contributed by atoms with van der Waals surface area (Å²) in [5, 5.41) is 21.2. The van der Waals surface area contributed by atoms with E-state index in [1.54, 1.807) is 0 Å². The number of fused-ring (bicyclic) bond motifs is 3. The largest absolute Gasteiger partial charge is 0.479 e. The summed E-state index contributed by atoms with van der Waals surface area (Å²) in [6.45, 7) is 2.62. The van der Waals surface area contributed by atoms with Crippen molar-refractivity contribution in [3.05, 3.63) is 59.7 Å². The summed E-state index contributed by atoms with van der Waals surface area (Å²) in [6, 6.07) is 15.9. The molecule has 3 rings (SSSR count). The van der Waals surface area contributed by atoms with Crippen molar-refractivity contribution < 1.29 is 24.5 Å². The minimum absolute atomic E-state index is 0.0787. The smallest absolute Gasteiger partial charge is 0.408 e. The highest BCUT2D eigenvalue weighted by molar-refractivity contribution is 5.84. The number of aliphatic carboxylic acids is 1. The normalized spacial score (nSPS) is 16.1. The first-order valence-electron chi connectivity index (χ1n) is 8.39. The third-order valence-electron chi connectivity index (χ3n) is 4.99. The van der Waals surface area contributed by atoms with Crippen molar-refractivity contribution in [3.8, 4) is 11.1 Å². The Balaban J connectivity index is 1.76. The summed E-state index contributed by atoms with van der Waals surface area (Å²) in [4.78, 5) is 23.5. The molecule has 136 valence electrons.